The molecule has 0 aromatic rings. The number of rotatable bonds is 3. The summed E-state index contributed by atoms with van der Waals surface area (Å²) in [5, 5.41) is 0. The Bertz CT molecular complexity index is 104. The number of hydrogen-bond acceptors (Lipinski definition) is 1. The van der Waals surface area contributed by atoms with Gasteiger partial charge >= 0.3 is 0 Å². The summed E-state index contributed by atoms with van der Waals surface area (Å²) in [4.78, 5) is 0.524. The SMILES string of the molecule is CC(Br)C(C)C(C)(C)O[SiH3]. The van der Waals surface area contributed by atoms with Gasteiger partial charge in [0.1, 0.15) is 10.5 Å². The minimum atomic E-state index is 0.0368. The molecule has 1 nitrogen and oxygen atoms in total. The lowest BCUT2D eigenvalue weighted by molar-refractivity contribution is 0.0635. The average molecular weight is 225 g/mol. The summed E-state index contributed by atoms with van der Waals surface area (Å²) in [7, 11) is 0.820. The third-order valence-corrected chi connectivity index (χ3v) is 4.16. The van der Waals surface area contributed by atoms with E-state index in [1.807, 2.05) is 0 Å². The van der Waals surface area contributed by atoms with Gasteiger partial charge < -0.3 is 4.43 Å². The van der Waals surface area contributed by atoms with E-state index in [1.165, 1.54) is 0 Å². The lowest BCUT2D eigenvalue weighted by Gasteiger charge is -2.32. The van der Waals surface area contributed by atoms with Gasteiger partial charge in [0.2, 0.25) is 0 Å². The molecule has 0 aromatic heterocycles. The molecule has 0 bridgehead atoms. The summed E-state index contributed by atoms with van der Waals surface area (Å²) < 4.78 is 5.47. The van der Waals surface area contributed by atoms with E-state index >= 15 is 0 Å². The minimum absolute atomic E-state index is 0.0368. The Morgan fingerprint density at radius 3 is 1.90 bits per heavy atom. The van der Waals surface area contributed by atoms with E-state index in [0.29, 0.717) is 10.7 Å². The molecule has 0 fully saturated rings. The lowest BCUT2D eigenvalue weighted by Crippen LogP contribution is -2.36. The Hall–Kier alpha value is 0.657. The van der Waals surface area contributed by atoms with Crippen molar-refractivity contribution < 1.29 is 4.43 Å². The first kappa shape index (κ1) is 10.7. The zero-order valence-electron chi connectivity index (χ0n) is 7.44. The van der Waals surface area contributed by atoms with Crippen molar-refractivity contribution in [2.24, 2.45) is 5.92 Å². The second-order valence-corrected chi connectivity index (χ2v) is 5.13. The zero-order chi connectivity index (χ0) is 8.36. The van der Waals surface area contributed by atoms with Gasteiger partial charge in [-0.2, -0.15) is 0 Å². The first-order chi connectivity index (χ1) is 4.41. The molecular weight excluding hydrogens is 208 g/mol. The highest BCUT2D eigenvalue weighted by Crippen LogP contribution is 2.26. The Balaban J connectivity index is 4.03. The quantitative estimate of drug-likeness (QED) is 0.522. The molecule has 0 saturated heterocycles. The van der Waals surface area contributed by atoms with Crippen LogP contribution in [0.2, 0.25) is 0 Å². The van der Waals surface area contributed by atoms with Crippen LogP contribution < -0.4 is 0 Å². The molecule has 0 saturated carbocycles. The normalized spacial score (nSPS) is 18.9. The first-order valence-corrected chi connectivity index (χ1v) is 5.34. The number of halogens is 1. The van der Waals surface area contributed by atoms with Crippen LogP contribution in [-0.4, -0.2) is 20.9 Å². The highest BCUT2D eigenvalue weighted by molar-refractivity contribution is 9.09. The van der Waals surface area contributed by atoms with Crippen molar-refractivity contribution in [3.8, 4) is 0 Å². The van der Waals surface area contributed by atoms with Crippen molar-refractivity contribution in [3.63, 3.8) is 0 Å². The van der Waals surface area contributed by atoms with Crippen LogP contribution in [0.25, 0.3) is 0 Å². The molecule has 2 unspecified atom stereocenters. The fourth-order valence-corrected chi connectivity index (χ4v) is 1.75. The second-order valence-electron chi connectivity index (χ2n) is 3.27. The fourth-order valence-electron chi connectivity index (χ4n) is 0.739. The topological polar surface area (TPSA) is 9.23 Å². The molecule has 0 heterocycles. The highest BCUT2D eigenvalue weighted by Gasteiger charge is 2.27. The predicted octanol–water partition coefficient (Wildman–Crippen LogP) is 1.48. The van der Waals surface area contributed by atoms with Crippen LogP contribution in [0.5, 0.6) is 0 Å². The van der Waals surface area contributed by atoms with E-state index in [2.05, 4.69) is 43.6 Å². The van der Waals surface area contributed by atoms with Crippen molar-refractivity contribution in [2.75, 3.05) is 0 Å². The molecule has 2 atom stereocenters. The molecule has 0 spiro atoms. The van der Waals surface area contributed by atoms with Crippen LogP contribution >= 0.6 is 15.9 Å². The summed E-state index contributed by atoms with van der Waals surface area (Å²) >= 11 is 3.55. The van der Waals surface area contributed by atoms with Gasteiger partial charge in [-0.25, -0.2) is 0 Å². The summed E-state index contributed by atoms with van der Waals surface area (Å²) in [5.41, 5.74) is 0.0368. The molecule has 10 heavy (non-hydrogen) atoms. The summed E-state index contributed by atoms with van der Waals surface area (Å²) in [6, 6.07) is 0. The van der Waals surface area contributed by atoms with Crippen LogP contribution in [-0.2, 0) is 4.43 Å². The van der Waals surface area contributed by atoms with Crippen molar-refractivity contribution in [1.29, 1.82) is 0 Å². The van der Waals surface area contributed by atoms with Gasteiger partial charge in [0, 0.05) is 4.83 Å². The molecule has 0 aliphatic rings. The van der Waals surface area contributed by atoms with Crippen molar-refractivity contribution in [1.82, 2.24) is 0 Å². The van der Waals surface area contributed by atoms with E-state index in [4.69, 9.17) is 4.43 Å². The van der Waals surface area contributed by atoms with Gasteiger partial charge in [0.25, 0.3) is 0 Å². The summed E-state index contributed by atoms with van der Waals surface area (Å²) in [6.07, 6.45) is 0. The van der Waals surface area contributed by atoms with Crippen LogP contribution in [0.1, 0.15) is 27.7 Å². The van der Waals surface area contributed by atoms with Crippen molar-refractivity contribution in [2.45, 2.75) is 38.1 Å². The van der Waals surface area contributed by atoms with Gasteiger partial charge in [0.15, 0.2) is 0 Å². The second kappa shape index (κ2) is 3.88. The Morgan fingerprint density at radius 1 is 1.40 bits per heavy atom. The largest absolute Gasteiger partial charge is 0.423 e. The smallest absolute Gasteiger partial charge is 0.146 e. The predicted molar refractivity (Wildman–Crippen MR) is 52.7 cm³/mol. The number of hydrogen-bond donors (Lipinski definition) is 0. The summed E-state index contributed by atoms with van der Waals surface area (Å²) in [5.74, 6) is 0.560. The molecule has 0 amide bonds. The van der Waals surface area contributed by atoms with E-state index in [9.17, 15) is 0 Å². The average Bonchev–Trinajstić information content (AvgIpc) is 1.86. The van der Waals surface area contributed by atoms with Crippen LogP contribution in [0.4, 0.5) is 0 Å². The van der Waals surface area contributed by atoms with Crippen molar-refractivity contribution in [3.05, 3.63) is 0 Å². The van der Waals surface area contributed by atoms with Crippen molar-refractivity contribution >= 4 is 26.4 Å². The lowest BCUT2D eigenvalue weighted by atomic mass is 9.91. The van der Waals surface area contributed by atoms with E-state index in [0.717, 1.165) is 10.5 Å². The standard InChI is InChI=1S/C7H17BrOSi/c1-5(6(2)8)7(3,4)9-10/h5-6H,1-4,10H3. The monoisotopic (exact) mass is 224 g/mol. The van der Waals surface area contributed by atoms with Gasteiger partial charge in [-0.3, -0.25) is 0 Å². The van der Waals surface area contributed by atoms with E-state index < -0.39 is 0 Å². The maximum absolute atomic E-state index is 5.47. The van der Waals surface area contributed by atoms with Crippen LogP contribution in [0.3, 0.4) is 0 Å². The molecular formula is C7H17BrOSi. The van der Waals surface area contributed by atoms with Gasteiger partial charge in [-0.15, -0.1) is 0 Å². The first-order valence-electron chi connectivity index (χ1n) is 3.61. The maximum Gasteiger partial charge on any atom is 0.146 e. The zero-order valence-corrected chi connectivity index (χ0v) is 11.0. The highest BCUT2D eigenvalue weighted by atomic mass is 79.9. The van der Waals surface area contributed by atoms with Crippen LogP contribution in [0, 0.1) is 5.92 Å². The summed E-state index contributed by atoms with van der Waals surface area (Å²) in [6.45, 7) is 8.65. The molecule has 62 valence electrons. The molecule has 0 aliphatic heterocycles. The number of alkyl halides is 1. The van der Waals surface area contributed by atoms with Gasteiger partial charge in [-0.1, -0.05) is 29.8 Å². The van der Waals surface area contributed by atoms with Gasteiger partial charge in [0.05, 0.1) is 5.60 Å². The van der Waals surface area contributed by atoms with E-state index in [1.54, 1.807) is 0 Å². The van der Waals surface area contributed by atoms with Crippen LogP contribution in [0.15, 0.2) is 0 Å². The molecule has 0 aliphatic carbocycles. The molecule has 3 heteroatoms. The van der Waals surface area contributed by atoms with Gasteiger partial charge in [-0.05, 0) is 19.8 Å². The maximum atomic E-state index is 5.47. The Morgan fingerprint density at radius 2 is 1.80 bits per heavy atom. The van der Waals surface area contributed by atoms with E-state index in [-0.39, 0.29) is 5.60 Å². The third-order valence-electron chi connectivity index (χ3n) is 2.31. The Kier molecular flexibility index (Phi) is 4.14. The fraction of sp³-hybridized carbons (Fsp3) is 1.00. The molecule has 0 radical (unpaired) electrons. The third kappa shape index (κ3) is 2.72. The Labute approximate surface area is 75.2 Å². The molecule has 0 N–H and O–H groups in total. The molecule has 0 rings (SSSR count). The molecule has 0 aromatic carbocycles. The minimum Gasteiger partial charge on any atom is -0.423 e.